The summed E-state index contributed by atoms with van der Waals surface area (Å²) in [7, 11) is 0. The highest BCUT2D eigenvalue weighted by molar-refractivity contribution is 5.86. The lowest BCUT2D eigenvalue weighted by Crippen LogP contribution is -2.58. The van der Waals surface area contributed by atoms with Crippen molar-refractivity contribution in [2.45, 2.75) is 76.0 Å². The van der Waals surface area contributed by atoms with E-state index in [1.165, 1.54) is 71.4 Å². The molecule has 4 saturated carbocycles. The van der Waals surface area contributed by atoms with Crippen molar-refractivity contribution >= 4 is 17.1 Å². The van der Waals surface area contributed by atoms with Crippen LogP contribution >= 0.6 is 0 Å². The molecular formula is C46H45N. The molecule has 4 fully saturated rings. The predicted octanol–water partition coefficient (Wildman–Crippen LogP) is 11.8. The van der Waals surface area contributed by atoms with Crippen LogP contribution in [0.25, 0.3) is 11.1 Å². The molecule has 6 aliphatic carbocycles. The summed E-state index contributed by atoms with van der Waals surface area (Å²) in [4.78, 5) is 2.54. The van der Waals surface area contributed by atoms with Crippen molar-refractivity contribution in [2.75, 3.05) is 4.90 Å². The molecule has 0 atom stereocenters. The lowest BCUT2D eigenvalue weighted by Gasteiger charge is -2.64. The minimum atomic E-state index is -0.0433. The Kier molecular flexibility index (Phi) is 5.65. The second-order valence-corrected chi connectivity index (χ2v) is 16.6. The first kappa shape index (κ1) is 28.0. The normalized spacial score (nSPS) is 28.0. The Balaban J connectivity index is 1.20. The van der Waals surface area contributed by atoms with E-state index in [0.717, 1.165) is 23.7 Å². The smallest absolute Gasteiger partial charge is 0.0465 e. The van der Waals surface area contributed by atoms with E-state index in [0.29, 0.717) is 0 Å². The van der Waals surface area contributed by atoms with E-state index in [4.69, 9.17) is 0 Å². The molecule has 0 saturated heterocycles. The lowest BCUT2D eigenvalue weighted by atomic mass is 9.39. The first-order chi connectivity index (χ1) is 22.8. The molecule has 4 bridgehead atoms. The van der Waals surface area contributed by atoms with E-state index >= 15 is 0 Å². The number of hydrogen-bond donors (Lipinski definition) is 0. The molecule has 0 amide bonds. The highest BCUT2D eigenvalue weighted by atomic mass is 15.1. The van der Waals surface area contributed by atoms with Gasteiger partial charge in [0, 0.05) is 33.3 Å². The van der Waals surface area contributed by atoms with Crippen LogP contribution in [-0.2, 0) is 16.2 Å². The van der Waals surface area contributed by atoms with E-state index < -0.39 is 0 Å². The van der Waals surface area contributed by atoms with Crippen LogP contribution in [0.15, 0.2) is 115 Å². The maximum absolute atomic E-state index is 2.66. The summed E-state index contributed by atoms with van der Waals surface area (Å²) in [6.07, 6.45) is 7.06. The van der Waals surface area contributed by atoms with Crippen LogP contribution in [0, 0.1) is 23.7 Å². The molecule has 234 valence electrons. The number of benzene rings is 5. The molecule has 11 rings (SSSR count). The molecule has 0 radical (unpaired) electrons. The minimum absolute atomic E-state index is 0.0364. The summed E-state index contributed by atoms with van der Waals surface area (Å²) < 4.78 is 0. The molecule has 1 spiro atoms. The van der Waals surface area contributed by atoms with Gasteiger partial charge >= 0.3 is 0 Å². The summed E-state index contributed by atoms with van der Waals surface area (Å²) >= 11 is 0. The summed E-state index contributed by atoms with van der Waals surface area (Å²) in [5.41, 5.74) is 15.8. The maximum Gasteiger partial charge on any atom is 0.0465 e. The third kappa shape index (κ3) is 3.61. The van der Waals surface area contributed by atoms with Gasteiger partial charge in [0.25, 0.3) is 0 Å². The highest BCUT2D eigenvalue weighted by Crippen LogP contribution is 2.69. The number of rotatable bonds is 3. The van der Waals surface area contributed by atoms with Crippen LogP contribution in [0.4, 0.5) is 17.1 Å². The molecule has 0 aliphatic heterocycles. The van der Waals surface area contributed by atoms with Crippen molar-refractivity contribution in [1.29, 1.82) is 0 Å². The van der Waals surface area contributed by atoms with Crippen molar-refractivity contribution in [2.24, 2.45) is 23.7 Å². The van der Waals surface area contributed by atoms with Crippen molar-refractivity contribution in [3.63, 3.8) is 0 Å². The zero-order chi connectivity index (χ0) is 31.7. The number of hydrogen-bond acceptors (Lipinski definition) is 1. The summed E-state index contributed by atoms with van der Waals surface area (Å²) in [6.45, 7) is 9.73. The summed E-state index contributed by atoms with van der Waals surface area (Å²) in [6, 6.07) is 44.5. The lowest BCUT2D eigenvalue weighted by molar-refractivity contribution is -0.0443. The van der Waals surface area contributed by atoms with Gasteiger partial charge in [-0.2, -0.15) is 0 Å². The van der Waals surface area contributed by atoms with Gasteiger partial charge in [0.2, 0.25) is 0 Å². The average molecular weight is 612 g/mol. The van der Waals surface area contributed by atoms with E-state index in [1.807, 2.05) is 0 Å². The van der Waals surface area contributed by atoms with Gasteiger partial charge in [0.15, 0.2) is 0 Å². The van der Waals surface area contributed by atoms with Crippen LogP contribution in [0.2, 0.25) is 0 Å². The van der Waals surface area contributed by atoms with E-state index in [2.05, 4.69) is 148 Å². The largest absolute Gasteiger partial charge is 0.310 e. The van der Waals surface area contributed by atoms with Crippen LogP contribution in [0.1, 0.15) is 93.2 Å². The molecular weight excluding hydrogens is 567 g/mol. The van der Waals surface area contributed by atoms with Gasteiger partial charge in [-0.05, 0) is 137 Å². The van der Waals surface area contributed by atoms with Gasteiger partial charge in [0.05, 0.1) is 0 Å². The van der Waals surface area contributed by atoms with Crippen LogP contribution in [0.3, 0.4) is 0 Å². The molecule has 0 aromatic heterocycles. The van der Waals surface area contributed by atoms with Crippen molar-refractivity contribution < 1.29 is 0 Å². The van der Waals surface area contributed by atoms with Gasteiger partial charge in [-0.15, -0.1) is 0 Å². The second-order valence-electron chi connectivity index (χ2n) is 16.6. The zero-order valence-electron chi connectivity index (χ0n) is 28.3. The van der Waals surface area contributed by atoms with Gasteiger partial charge in [0.1, 0.15) is 0 Å². The number of fused-ring (bicyclic) bond motifs is 5. The standard InChI is InChI=1S/C46H45N/c1-44(2)38-15-9-8-14-36(38)37-20-18-34(27-42(37)44)47(33-12-6-5-7-13-33)35-19-21-40-43(28-35)46(41-17-11-10-16-39(41)45(40,3)4)31-23-29-22-30(25-31)26-32(46)24-29/h5-21,27-32H,22-26H2,1-4H3. The van der Waals surface area contributed by atoms with Gasteiger partial charge in [-0.3, -0.25) is 0 Å². The molecule has 5 aromatic carbocycles. The monoisotopic (exact) mass is 611 g/mol. The van der Waals surface area contributed by atoms with Crippen molar-refractivity contribution in [3.05, 3.63) is 149 Å². The van der Waals surface area contributed by atoms with E-state index in [1.54, 1.807) is 22.3 Å². The molecule has 1 heteroatoms. The second kappa shape index (κ2) is 9.50. The quantitative estimate of drug-likeness (QED) is 0.196. The first-order valence-corrected chi connectivity index (χ1v) is 18.1. The molecule has 5 aromatic rings. The molecule has 1 nitrogen and oxygen atoms in total. The fourth-order valence-corrected chi connectivity index (χ4v) is 11.9. The summed E-state index contributed by atoms with van der Waals surface area (Å²) in [5, 5.41) is 0. The fraction of sp³-hybridized carbons (Fsp3) is 0.348. The minimum Gasteiger partial charge on any atom is -0.310 e. The third-order valence-electron chi connectivity index (χ3n) is 13.7. The van der Waals surface area contributed by atoms with Crippen LogP contribution < -0.4 is 4.90 Å². The third-order valence-corrected chi connectivity index (χ3v) is 13.7. The van der Waals surface area contributed by atoms with Gasteiger partial charge < -0.3 is 4.90 Å². The zero-order valence-corrected chi connectivity index (χ0v) is 28.3. The Morgan fingerprint density at radius 1 is 0.426 bits per heavy atom. The molecule has 0 unspecified atom stereocenters. The van der Waals surface area contributed by atoms with Crippen LogP contribution in [0.5, 0.6) is 0 Å². The predicted molar refractivity (Wildman–Crippen MR) is 195 cm³/mol. The number of nitrogens with zero attached hydrogens (tertiary/aromatic N) is 1. The number of anilines is 3. The fourth-order valence-electron chi connectivity index (χ4n) is 11.9. The molecule has 0 heterocycles. The Labute approximate surface area is 280 Å². The Bertz CT molecular complexity index is 2030. The maximum atomic E-state index is 2.66. The Morgan fingerprint density at radius 3 is 1.64 bits per heavy atom. The highest BCUT2D eigenvalue weighted by Gasteiger charge is 2.62. The topological polar surface area (TPSA) is 3.24 Å². The molecule has 47 heavy (non-hydrogen) atoms. The molecule has 6 aliphatic rings. The van der Waals surface area contributed by atoms with Crippen molar-refractivity contribution in [3.8, 4) is 11.1 Å². The van der Waals surface area contributed by atoms with E-state index in [-0.39, 0.29) is 16.2 Å². The summed E-state index contributed by atoms with van der Waals surface area (Å²) in [5.74, 6) is 3.32. The molecule has 0 N–H and O–H groups in total. The van der Waals surface area contributed by atoms with Crippen LogP contribution in [-0.4, -0.2) is 0 Å². The Hall–Kier alpha value is -4.10. The SMILES string of the molecule is CC1(C)c2ccccc2-c2ccc(N(c3ccccc3)c3ccc4c(c3)C3(c5ccccc5C4(C)C)C4CC5CC(C4)CC3C5)cc21. The first-order valence-electron chi connectivity index (χ1n) is 18.1. The van der Waals surface area contributed by atoms with Gasteiger partial charge in [-0.25, -0.2) is 0 Å². The average Bonchev–Trinajstić information content (AvgIpc) is 3.31. The van der Waals surface area contributed by atoms with Gasteiger partial charge in [-0.1, -0.05) is 107 Å². The number of para-hydroxylation sites is 1. The Morgan fingerprint density at radius 2 is 0.936 bits per heavy atom. The van der Waals surface area contributed by atoms with E-state index in [9.17, 15) is 0 Å². The van der Waals surface area contributed by atoms with Crippen molar-refractivity contribution in [1.82, 2.24) is 0 Å².